The van der Waals surface area contributed by atoms with Gasteiger partial charge in [0.05, 0.1) is 10.7 Å². The molecule has 1 aromatic rings. The van der Waals surface area contributed by atoms with Gasteiger partial charge >= 0.3 is 0 Å². The molecule has 1 fully saturated rings. The Balaban J connectivity index is 2.06. The number of hydrogen-bond donors (Lipinski definition) is 1. The van der Waals surface area contributed by atoms with Crippen molar-refractivity contribution >= 4 is 11.3 Å². The molecule has 0 saturated heterocycles. The summed E-state index contributed by atoms with van der Waals surface area (Å²) in [6.07, 6.45) is 8.10. The number of nitrogens with one attached hydrogen (secondary N) is 1. The SMILES string of the molecule is CNCC1(Cc2csc(C)n2)CCCCC1. The van der Waals surface area contributed by atoms with E-state index >= 15 is 0 Å². The van der Waals surface area contributed by atoms with Crippen LogP contribution in [-0.4, -0.2) is 18.6 Å². The van der Waals surface area contributed by atoms with Gasteiger partial charge in [-0.25, -0.2) is 4.98 Å². The average Bonchev–Trinajstić information content (AvgIpc) is 2.65. The molecule has 1 heterocycles. The molecule has 0 spiro atoms. The second kappa shape index (κ2) is 5.28. The zero-order valence-corrected chi connectivity index (χ0v) is 11.2. The first-order valence-electron chi connectivity index (χ1n) is 6.30. The van der Waals surface area contributed by atoms with Crippen molar-refractivity contribution in [2.45, 2.75) is 45.4 Å². The molecule has 0 atom stereocenters. The highest BCUT2D eigenvalue weighted by Gasteiger charge is 2.32. The summed E-state index contributed by atoms with van der Waals surface area (Å²) in [6, 6.07) is 0. The molecule has 0 aromatic carbocycles. The van der Waals surface area contributed by atoms with Crippen LogP contribution in [0.15, 0.2) is 5.38 Å². The minimum atomic E-state index is 0.480. The third-order valence-corrected chi connectivity index (χ3v) is 4.51. The zero-order chi connectivity index (χ0) is 11.4. The lowest BCUT2D eigenvalue weighted by atomic mass is 9.71. The highest BCUT2D eigenvalue weighted by atomic mass is 32.1. The maximum Gasteiger partial charge on any atom is 0.0897 e. The molecule has 2 rings (SSSR count). The van der Waals surface area contributed by atoms with E-state index in [0.717, 1.165) is 13.0 Å². The Kier molecular flexibility index (Phi) is 3.98. The first-order valence-corrected chi connectivity index (χ1v) is 7.18. The van der Waals surface area contributed by atoms with Crippen molar-refractivity contribution in [3.05, 3.63) is 16.1 Å². The summed E-state index contributed by atoms with van der Waals surface area (Å²) in [5, 5.41) is 6.82. The molecule has 1 aromatic heterocycles. The van der Waals surface area contributed by atoms with Gasteiger partial charge in [-0.2, -0.15) is 0 Å². The van der Waals surface area contributed by atoms with Crippen LogP contribution < -0.4 is 5.32 Å². The van der Waals surface area contributed by atoms with Gasteiger partial charge in [0.2, 0.25) is 0 Å². The highest BCUT2D eigenvalue weighted by Crippen LogP contribution is 2.38. The lowest BCUT2D eigenvalue weighted by Crippen LogP contribution is -2.36. The van der Waals surface area contributed by atoms with Crippen molar-refractivity contribution in [1.29, 1.82) is 0 Å². The predicted octanol–water partition coefficient (Wildman–Crippen LogP) is 3.16. The third-order valence-electron chi connectivity index (χ3n) is 3.69. The van der Waals surface area contributed by atoms with Crippen LogP contribution in [0.2, 0.25) is 0 Å². The van der Waals surface area contributed by atoms with Crippen molar-refractivity contribution in [3.63, 3.8) is 0 Å². The highest BCUT2D eigenvalue weighted by molar-refractivity contribution is 7.09. The number of hydrogen-bond acceptors (Lipinski definition) is 3. The molecular weight excluding hydrogens is 216 g/mol. The van der Waals surface area contributed by atoms with Gasteiger partial charge < -0.3 is 5.32 Å². The summed E-state index contributed by atoms with van der Waals surface area (Å²) in [6.45, 7) is 3.24. The molecule has 0 amide bonds. The van der Waals surface area contributed by atoms with Crippen molar-refractivity contribution in [1.82, 2.24) is 10.3 Å². The Bertz CT molecular complexity index is 321. The van der Waals surface area contributed by atoms with E-state index in [1.165, 1.54) is 42.8 Å². The van der Waals surface area contributed by atoms with Crippen molar-refractivity contribution in [2.75, 3.05) is 13.6 Å². The summed E-state index contributed by atoms with van der Waals surface area (Å²) in [5.41, 5.74) is 1.78. The Morgan fingerprint density at radius 3 is 2.69 bits per heavy atom. The summed E-state index contributed by atoms with van der Waals surface area (Å²) in [4.78, 5) is 4.62. The third kappa shape index (κ3) is 2.83. The van der Waals surface area contributed by atoms with Gasteiger partial charge in [0, 0.05) is 11.9 Å². The van der Waals surface area contributed by atoms with Crippen LogP contribution in [-0.2, 0) is 6.42 Å². The summed E-state index contributed by atoms with van der Waals surface area (Å²) >= 11 is 1.78. The first-order chi connectivity index (χ1) is 7.74. The smallest absolute Gasteiger partial charge is 0.0897 e. The molecular formula is C13H22N2S. The van der Waals surface area contributed by atoms with E-state index in [1.54, 1.807) is 11.3 Å². The zero-order valence-electron chi connectivity index (χ0n) is 10.4. The fraction of sp³-hybridized carbons (Fsp3) is 0.769. The summed E-state index contributed by atoms with van der Waals surface area (Å²) < 4.78 is 0. The summed E-state index contributed by atoms with van der Waals surface area (Å²) in [7, 11) is 2.07. The first kappa shape index (κ1) is 12.1. The fourth-order valence-corrected chi connectivity index (χ4v) is 3.58. The topological polar surface area (TPSA) is 24.9 Å². The van der Waals surface area contributed by atoms with Gasteiger partial charge in [0.15, 0.2) is 0 Å². The van der Waals surface area contributed by atoms with Gasteiger partial charge in [-0.05, 0) is 38.6 Å². The number of nitrogens with zero attached hydrogens (tertiary/aromatic N) is 1. The minimum Gasteiger partial charge on any atom is -0.319 e. The van der Waals surface area contributed by atoms with Crippen molar-refractivity contribution in [3.8, 4) is 0 Å². The Labute approximate surface area is 102 Å². The van der Waals surface area contributed by atoms with E-state index in [2.05, 4.69) is 29.7 Å². The van der Waals surface area contributed by atoms with Crippen LogP contribution in [0, 0.1) is 12.3 Å². The van der Waals surface area contributed by atoms with Crippen LogP contribution in [0.1, 0.15) is 42.8 Å². The quantitative estimate of drug-likeness (QED) is 0.871. The second-order valence-electron chi connectivity index (χ2n) is 5.13. The molecule has 1 saturated carbocycles. The van der Waals surface area contributed by atoms with E-state index in [4.69, 9.17) is 0 Å². The van der Waals surface area contributed by atoms with E-state index < -0.39 is 0 Å². The minimum absolute atomic E-state index is 0.480. The maximum absolute atomic E-state index is 4.62. The Morgan fingerprint density at radius 1 is 1.38 bits per heavy atom. The van der Waals surface area contributed by atoms with E-state index in [-0.39, 0.29) is 0 Å². The van der Waals surface area contributed by atoms with Crippen LogP contribution in [0.25, 0.3) is 0 Å². The molecule has 1 aliphatic carbocycles. The number of thiazole rings is 1. The van der Waals surface area contributed by atoms with E-state index in [9.17, 15) is 0 Å². The molecule has 0 unspecified atom stereocenters. The molecule has 0 bridgehead atoms. The molecule has 90 valence electrons. The fourth-order valence-electron chi connectivity index (χ4n) is 2.97. The van der Waals surface area contributed by atoms with Gasteiger partial charge in [-0.15, -0.1) is 11.3 Å². The Hall–Kier alpha value is -0.410. The standard InChI is InChI=1S/C13H22N2S/c1-11-15-12(9-16-11)8-13(10-14-2)6-4-3-5-7-13/h9,14H,3-8,10H2,1-2H3. The van der Waals surface area contributed by atoms with Crippen LogP contribution >= 0.6 is 11.3 Å². The van der Waals surface area contributed by atoms with Crippen LogP contribution in [0.3, 0.4) is 0 Å². The average molecular weight is 238 g/mol. The van der Waals surface area contributed by atoms with E-state index in [1.807, 2.05) is 0 Å². The largest absolute Gasteiger partial charge is 0.319 e. The lowest BCUT2D eigenvalue weighted by molar-refractivity contribution is 0.183. The van der Waals surface area contributed by atoms with Crippen LogP contribution in [0.4, 0.5) is 0 Å². The normalized spacial score (nSPS) is 19.9. The second-order valence-corrected chi connectivity index (χ2v) is 6.19. The molecule has 0 aliphatic heterocycles. The predicted molar refractivity (Wildman–Crippen MR) is 70.0 cm³/mol. The molecule has 2 nitrogen and oxygen atoms in total. The molecule has 1 aliphatic rings. The molecule has 3 heteroatoms. The maximum atomic E-state index is 4.62. The number of rotatable bonds is 4. The number of aryl methyl sites for hydroxylation is 1. The molecule has 0 radical (unpaired) electrons. The molecule has 16 heavy (non-hydrogen) atoms. The van der Waals surface area contributed by atoms with E-state index in [0.29, 0.717) is 5.41 Å². The van der Waals surface area contributed by atoms with Crippen molar-refractivity contribution < 1.29 is 0 Å². The van der Waals surface area contributed by atoms with Gasteiger partial charge in [-0.1, -0.05) is 19.3 Å². The Morgan fingerprint density at radius 2 is 2.12 bits per heavy atom. The van der Waals surface area contributed by atoms with Crippen LogP contribution in [0.5, 0.6) is 0 Å². The summed E-state index contributed by atoms with van der Waals surface area (Å²) in [5.74, 6) is 0. The molecule has 1 N–H and O–H groups in total. The lowest BCUT2D eigenvalue weighted by Gasteiger charge is -2.37. The monoisotopic (exact) mass is 238 g/mol. The van der Waals surface area contributed by atoms with Gasteiger partial charge in [0.1, 0.15) is 0 Å². The van der Waals surface area contributed by atoms with Gasteiger partial charge in [-0.3, -0.25) is 0 Å². The van der Waals surface area contributed by atoms with Crippen molar-refractivity contribution in [2.24, 2.45) is 5.41 Å². The number of aromatic nitrogens is 1. The van der Waals surface area contributed by atoms with Gasteiger partial charge in [0.25, 0.3) is 0 Å².